The summed E-state index contributed by atoms with van der Waals surface area (Å²) in [6.45, 7) is 0. The fourth-order valence-corrected chi connectivity index (χ4v) is 3.10. The standard InChI is InChI=1S/C9H10Cl2O2S/c10-6-8(11)7-14(12,13)9-4-2-1-3-5-9/h1-5,8H,6-7H2/t8-/m1/s1. The van der Waals surface area contributed by atoms with Gasteiger partial charge in [0.05, 0.1) is 16.0 Å². The monoisotopic (exact) mass is 252 g/mol. The molecule has 1 aromatic rings. The summed E-state index contributed by atoms with van der Waals surface area (Å²) in [5, 5.41) is -0.540. The molecule has 0 aromatic heterocycles. The molecule has 0 unspecified atom stereocenters. The van der Waals surface area contributed by atoms with Crippen LogP contribution in [0.25, 0.3) is 0 Å². The van der Waals surface area contributed by atoms with Gasteiger partial charge in [-0.1, -0.05) is 18.2 Å². The van der Waals surface area contributed by atoms with Crippen LogP contribution in [-0.4, -0.2) is 25.4 Å². The van der Waals surface area contributed by atoms with Crippen LogP contribution in [0.3, 0.4) is 0 Å². The number of alkyl halides is 2. The minimum atomic E-state index is -3.29. The zero-order valence-corrected chi connectivity index (χ0v) is 9.69. The van der Waals surface area contributed by atoms with Crippen molar-refractivity contribution < 1.29 is 8.42 Å². The van der Waals surface area contributed by atoms with E-state index >= 15 is 0 Å². The Kier molecular flexibility index (Phi) is 4.23. The summed E-state index contributed by atoms with van der Waals surface area (Å²) in [5.41, 5.74) is 0. The smallest absolute Gasteiger partial charge is 0.179 e. The van der Waals surface area contributed by atoms with Crippen molar-refractivity contribution in [3.8, 4) is 0 Å². The minimum absolute atomic E-state index is 0.123. The van der Waals surface area contributed by atoms with Crippen molar-refractivity contribution in [1.82, 2.24) is 0 Å². The third kappa shape index (κ3) is 3.15. The molecule has 1 atom stereocenters. The molecule has 78 valence electrons. The van der Waals surface area contributed by atoms with Crippen LogP contribution in [-0.2, 0) is 9.84 Å². The maximum absolute atomic E-state index is 11.7. The van der Waals surface area contributed by atoms with Gasteiger partial charge in [0.1, 0.15) is 0 Å². The van der Waals surface area contributed by atoms with Crippen LogP contribution in [0.1, 0.15) is 0 Å². The van der Waals surface area contributed by atoms with E-state index in [0.29, 0.717) is 0 Å². The summed E-state index contributed by atoms with van der Waals surface area (Å²) >= 11 is 11.1. The van der Waals surface area contributed by atoms with Crippen LogP contribution in [0.2, 0.25) is 0 Å². The highest BCUT2D eigenvalue weighted by atomic mass is 35.5. The van der Waals surface area contributed by atoms with Crippen molar-refractivity contribution in [2.75, 3.05) is 11.6 Å². The minimum Gasteiger partial charge on any atom is -0.224 e. The van der Waals surface area contributed by atoms with E-state index in [9.17, 15) is 8.42 Å². The molecule has 0 spiro atoms. The van der Waals surface area contributed by atoms with Crippen molar-refractivity contribution in [2.45, 2.75) is 10.3 Å². The molecule has 1 rings (SSSR count). The second-order valence-corrected chi connectivity index (χ2v) is 5.81. The average molecular weight is 253 g/mol. The molecule has 0 radical (unpaired) electrons. The van der Waals surface area contributed by atoms with E-state index in [2.05, 4.69) is 0 Å². The summed E-state index contributed by atoms with van der Waals surface area (Å²) in [6, 6.07) is 8.22. The molecule has 0 fully saturated rings. The molecule has 0 bridgehead atoms. The number of hydrogen-bond donors (Lipinski definition) is 0. The molecule has 0 saturated carbocycles. The highest BCUT2D eigenvalue weighted by Gasteiger charge is 2.18. The molecule has 2 nitrogen and oxygen atoms in total. The van der Waals surface area contributed by atoms with Crippen molar-refractivity contribution in [1.29, 1.82) is 0 Å². The van der Waals surface area contributed by atoms with Crippen molar-refractivity contribution in [3.05, 3.63) is 30.3 Å². The van der Waals surface area contributed by atoms with Gasteiger partial charge in [-0.3, -0.25) is 0 Å². The summed E-state index contributed by atoms with van der Waals surface area (Å²) in [5.74, 6) is 0.00961. The largest absolute Gasteiger partial charge is 0.224 e. The first kappa shape index (κ1) is 11.8. The van der Waals surface area contributed by atoms with Crippen LogP contribution in [0.15, 0.2) is 35.2 Å². The summed E-state index contributed by atoms with van der Waals surface area (Å²) < 4.78 is 23.3. The first-order chi connectivity index (χ1) is 6.56. The highest BCUT2D eigenvalue weighted by molar-refractivity contribution is 7.91. The van der Waals surface area contributed by atoms with E-state index in [-0.39, 0.29) is 16.5 Å². The molecular weight excluding hydrogens is 243 g/mol. The Morgan fingerprint density at radius 3 is 2.29 bits per heavy atom. The quantitative estimate of drug-likeness (QED) is 0.771. The van der Waals surface area contributed by atoms with Crippen molar-refractivity contribution in [2.24, 2.45) is 0 Å². The lowest BCUT2D eigenvalue weighted by Crippen LogP contribution is -2.17. The van der Waals surface area contributed by atoms with Gasteiger partial charge in [0.25, 0.3) is 0 Å². The topological polar surface area (TPSA) is 34.1 Å². The molecule has 0 heterocycles. The average Bonchev–Trinajstić information content (AvgIpc) is 2.18. The molecular formula is C9H10Cl2O2S. The summed E-state index contributed by atoms with van der Waals surface area (Å²) in [7, 11) is -3.29. The van der Waals surface area contributed by atoms with Crippen LogP contribution in [0.5, 0.6) is 0 Å². The van der Waals surface area contributed by atoms with Crippen molar-refractivity contribution in [3.63, 3.8) is 0 Å². The van der Waals surface area contributed by atoms with E-state index < -0.39 is 15.2 Å². The summed E-state index contributed by atoms with van der Waals surface area (Å²) in [6.07, 6.45) is 0. The second kappa shape index (κ2) is 5.01. The van der Waals surface area contributed by atoms with E-state index in [1.54, 1.807) is 30.3 Å². The van der Waals surface area contributed by atoms with Gasteiger partial charge in [-0.05, 0) is 12.1 Å². The van der Waals surface area contributed by atoms with Gasteiger partial charge >= 0.3 is 0 Å². The molecule has 0 aliphatic heterocycles. The van der Waals surface area contributed by atoms with Gasteiger partial charge in [0, 0.05) is 5.88 Å². The molecule has 14 heavy (non-hydrogen) atoms. The Morgan fingerprint density at radius 2 is 1.79 bits per heavy atom. The zero-order chi connectivity index (χ0) is 10.6. The lowest BCUT2D eigenvalue weighted by molar-refractivity contribution is 0.595. The van der Waals surface area contributed by atoms with E-state index in [1.807, 2.05) is 0 Å². The molecule has 0 aliphatic rings. The molecule has 1 aromatic carbocycles. The lowest BCUT2D eigenvalue weighted by Gasteiger charge is -2.06. The van der Waals surface area contributed by atoms with Crippen LogP contribution in [0, 0.1) is 0 Å². The van der Waals surface area contributed by atoms with Crippen LogP contribution in [0.4, 0.5) is 0 Å². The third-order valence-corrected chi connectivity index (χ3v) is 4.52. The Hall–Kier alpha value is -0.250. The van der Waals surface area contributed by atoms with Gasteiger partial charge in [-0.15, -0.1) is 23.2 Å². The Bertz CT molecular complexity index is 375. The summed E-state index contributed by atoms with van der Waals surface area (Å²) in [4.78, 5) is 0.288. The Balaban J connectivity index is 2.87. The normalized spacial score (nSPS) is 13.9. The van der Waals surface area contributed by atoms with Crippen LogP contribution >= 0.6 is 23.2 Å². The van der Waals surface area contributed by atoms with E-state index in [4.69, 9.17) is 23.2 Å². The maximum atomic E-state index is 11.7. The van der Waals surface area contributed by atoms with Gasteiger partial charge in [-0.2, -0.15) is 0 Å². The molecule has 0 amide bonds. The Morgan fingerprint density at radius 1 is 1.21 bits per heavy atom. The van der Waals surface area contributed by atoms with Crippen LogP contribution < -0.4 is 0 Å². The number of rotatable bonds is 4. The first-order valence-electron chi connectivity index (χ1n) is 4.04. The highest BCUT2D eigenvalue weighted by Crippen LogP contribution is 2.13. The van der Waals surface area contributed by atoms with E-state index in [0.717, 1.165) is 0 Å². The Labute approximate surface area is 93.8 Å². The molecule has 0 saturated heterocycles. The SMILES string of the molecule is O=S(=O)(C[C@H](Cl)CCl)c1ccccc1. The van der Waals surface area contributed by atoms with Gasteiger partial charge in [0.15, 0.2) is 9.84 Å². The fourth-order valence-electron chi connectivity index (χ4n) is 1.01. The van der Waals surface area contributed by atoms with Gasteiger partial charge in [-0.25, -0.2) is 8.42 Å². The van der Waals surface area contributed by atoms with Crippen molar-refractivity contribution >= 4 is 33.0 Å². The molecule has 0 aliphatic carbocycles. The predicted molar refractivity (Wildman–Crippen MR) is 58.9 cm³/mol. The lowest BCUT2D eigenvalue weighted by atomic mass is 10.4. The number of benzene rings is 1. The third-order valence-electron chi connectivity index (χ3n) is 1.67. The molecule has 0 N–H and O–H groups in total. The zero-order valence-electron chi connectivity index (χ0n) is 7.36. The maximum Gasteiger partial charge on any atom is 0.179 e. The van der Waals surface area contributed by atoms with Gasteiger partial charge < -0.3 is 0 Å². The second-order valence-electron chi connectivity index (χ2n) is 2.85. The predicted octanol–water partition coefficient (Wildman–Crippen LogP) is 2.31. The molecule has 5 heteroatoms. The van der Waals surface area contributed by atoms with E-state index in [1.165, 1.54) is 0 Å². The fraction of sp³-hybridized carbons (Fsp3) is 0.333. The first-order valence-corrected chi connectivity index (χ1v) is 6.66. The van der Waals surface area contributed by atoms with Gasteiger partial charge in [0.2, 0.25) is 0 Å². The number of hydrogen-bond acceptors (Lipinski definition) is 2. The number of sulfone groups is 1. The number of halogens is 2.